The molecule has 108 valence electrons. The van der Waals surface area contributed by atoms with Crippen LogP contribution in [0.15, 0.2) is 48.5 Å². The zero-order valence-electron chi connectivity index (χ0n) is 12.3. The Morgan fingerprint density at radius 3 is 2.76 bits per heavy atom. The lowest BCUT2D eigenvalue weighted by molar-refractivity contribution is 0.254. The summed E-state index contributed by atoms with van der Waals surface area (Å²) in [4.78, 5) is 0. The van der Waals surface area contributed by atoms with E-state index in [0.717, 1.165) is 12.2 Å². The highest BCUT2D eigenvalue weighted by Crippen LogP contribution is 2.53. The first-order chi connectivity index (χ1) is 10.2. The molecule has 2 heteroatoms. The van der Waals surface area contributed by atoms with Crippen molar-refractivity contribution in [2.24, 2.45) is 11.7 Å². The van der Waals surface area contributed by atoms with E-state index in [0.29, 0.717) is 17.9 Å². The molecule has 0 saturated heterocycles. The van der Waals surface area contributed by atoms with E-state index in [9.17, 15) is 0 Å². The molecular formula is C19H21NO. The quantitative estimate of drug-likeness (QED) is 0.927. The van der Waals surface area contributed by atoms with Gasteiger partial charge in [-0.15, -0.1) is 0 Å². The molecule has 2 nitrogen and oxygen atoms in total. The second-order valence-corrected chi connectivity index (χ2v) is 6.44. The summed E-state index contributed by atoms with van der Waals surface area (Å²) in [6.07, 6.45) is 2.50. The number of fused-ring (bicyclic) bond motifs is 1. The van der Waals surface area contributed by atoms with E-state index >= 15 is 0 Å². The molecule has 2 aliphatic rings. The lowest BCUT2D eigenvalue weighted by Gasteiger charge is -2.13. The van der Waals surface area contributed by atoms with Gasteiger partial charge in [-0.05, 0) is 47.9 Å². The van der Waals surface area contributed by atoms with Gasteiger partial charge in [0.1, 0.15) is 11.9 Å². The number of ether oxygens (including phenoxy) is 1. The molecule has 0 aromatic heterocycles. The Morgan fingerprint density at radius 1 is 1.14 bits per heavy atom. The van der Waals surface area contributed by atoms with Gasteiger partial charge in [0.15, 0.2) is 0 Å². The Bertz CT molecular complexity index is 652. The van der Waals surface area contributed by atoms with E-state index < -0.39 is 0 Å². The van der Waals surface area contributed by atoms with Crippen LogP contribution >= 0.6 is 0 Å². The fraction of sp³-hybridized carbons (Fsp3) is 0.368. The van der Waals surface area contributed by atoms with Crippen LogP contribution in [0, 0.1) is 5.92 Å². The van der Waals surface area contributed by atoms with Crippen LogP contribution in [0.3, 0.4) is 0 Å². The van der Waals surface area contributed by atoms with Crippen LogP contribution in [0.2, 0.25) is 0 Å². The topological polar surface area (TPSA) is 35.2 Å². The van der Waals surface area contributed by atoms with Crippen LogP contribution in [-0.2, 0) is 6.42 Å². The van der Waals surface area contributed by atoms with Gasteiger partial charge in [-0.2, -0.15) is 0 Å². The van der Waals surface area contributed by atoms with Gasteiger partial charge in [0, 0.05) is 12.5 Å². The number of rotatable bonds is 3. The van der Waals surface area contributed by atoms with E-state index in [1.54, 1.807) is 0 Å². The van der Waals surface area contributed by atoms with Crippen molar-refractivity contribution in [3.8, 4) is 5.75 Å². The van der Waals surface area contributed by atoms with Crippen molar-refractivity contribution in [3.63, 3.8) is 0 Å². The third-order valence-electron chi connectivity index (χ3n) is 4.83. The summed E-state index contributed by atoms with van der Waals surface area (Å²) < 4.78 is 5.77. The third kappa shape index (κ3) is 2.34. The summed E-state index contributed by atoms with van der Waals surface area (Å²) in [5.74, 6) is 2.24. The van der Waals surface area contributed by atoms with E-state index in [1.165, 1.54) is 23.1 Å². The van der Waals surface area contributed by atoms with Crippen LogP contribution in [0.1, 0.15) is 42.0 Å². The largest absolute Gasteiger partial charge is 0.490 e. The fourth-order valence-corrected chi connectivity index (χ4v) is 3.59. The summed E-state index contributed by atoms with van der Waals surface area (Å²) in [5.41, 5.74) is 10.5. The molecule has 21 heavy (non-hydrogen) atoms. The van der Waals surface area contributed by atoms with Gasteiger partial charge >= 0.3 is 0 Å². The molecule has 4 atom stereocenters. The molecule has 2 aromatic carbocycles. The molecule has 4 unspecified atom stereocenters. The maximum atomic E-state index is 6.52. The highest BCUT2D eigenvalue weighted by atomic mass is 16.5. The van der Waals surface area contributed by atoms with Crippen LogP contribution in [0.4, 0.5) is 0 Å². The number of benzene rings is 2. The van der Waals surface area contributed by atoms with Crippen molar-refractivity contribution in [3.05, 3.63) is 65.2 Å². The van der Waals surface area contributed by atoms with E-state index in [4.69, 9.17) is 10.5 Å². The first-order valence-electron chi connectivity index (χ1n) is 7.82. The molecular weight excluding hydrogens is 258 g/mol. The van der Waals surface area contributed by atoms with Crippen molar-refractivity contribution in [2.75, 3.05) is 0 Å². The van der Waals surface area contributed by atoms with Gasteiger partial charge in [-0.3, -0.25) is 0 Å². The second-order valence-electron chi connectivity index (χ2n) is 6.44. The number of hydrogen-bond donors (Lipinski definition) is 1. The predicted molar refractivity (Wildman–Crippen MR) is 84.5 cm³/mol. The van der Waals surface area contributed by atoms with Crippen molar-refractivity contribution in [2.45, 2.75) is 37.8 Å². The molecule has 1 heterocycles. The van der Waals surface area contributed by atoms with Gasteiger partial charge in [0.2, 0.25) is 0 Å². The monoisotopic (exact) mass is 279 g/mol. The van der Waals surface area contributed by atoms with Crippen molar-refractivity contribution < 1.29 is 4.74 Å². The van der Waals surface area contributed by atoms with Crippen molar-refractivity contribution in [1.29, 1.82) is 0 Å². The van der Waals surface area contributed by atoms with Crippen LogP contribution < -0.4 is 10.5 Å². The summed E-state index contributed by atoms with van der Waals surface area (Å²) in [7, 11) is 0. The summed E-state index contributed by atoms with van der Waals surface area (Å²) in [6.45, 7) is 2.12. The normalized spacial score (nSPS) is 27.8. The smallest absolute Gasteiger partial charge is 0.123 e. The molecule has 2 aromatic rings. The Kier molecular flexibility index (Phi) is 3.00. The Balaban J connectivity index is 1.52. The minimum atomic E-state index is 0.136. The zero-order valence-corrected chi connectivity index (χ0v) is 12.3. The van der Waals surface area contributed by atoms with Crippen LogP contribution in [0.25, 0.3) is 0 Å². The summed E-state index contributed by atoms with van der Waals surface area (Å²) in [6, 6.07) is 17.4. The van der Waals surface area contributed by atoms with Gasteiger partial charge in [-0.1, -0.05) is 42.5 Å². The van der Waals surface area contributed by atoms with Crippen LogP contribution in [-0.4, -0.2) is 6.10 Å². The lowest BCUT2D eigenvalue weighted by atomic mass is 9.97. The SMILES string of the molecule is CC1Cc2cc(C(N)C3CC3c3ccccc3)ccc2O1. The fourth-order valence-electron chi connectivity index (χ4n) is 3.59. The average Bonchev–Trinajstić information content (AvgIpc) is 3.22. The van der Waals surface area contributed by atoms with Crippen molar-refractivity contribution in [1.82, 2.24) is 0 Å². The molecule has 1 saturated carbocycles. The highest BCUT2D eigenvalue weighted by Gasteiger charge is 2.43. The summed E-state index contributed by atoms with van der Waals surface area (Å²) >= 11 is 0. The Labute approximate surface area is 125 Å². The summed E-state index contributed by atoms with van der Waals surface area (Å²) in [5, 5.41) is 0. The predicted octanol–water partition coefficient (Wildman–Crippen LogP) is 3.81. The minimum Gasteiger partial charge on any atom is -0.490 e. The van der Waals surface area contributed by atoms with Crippen LogP contribution in [0.5, 0.6) is 5.75 Å². The van der Waals surface area contributed by atoms with Gasteiger partial charge in [-0.25, -0.2) is 0 Å². The molecule has 1 fully saturated rings. The van der Waals surface area contributed by atoms with Gasteiger partial charge in [0.05, 0.1) is 0 Å². The second kappa shape index (κ2) is 4.88. The molecule has 4 rings (SSSR count). The molecule has 0 radical (unpaired) electrons. The van der Waals surface area contributed by atoms with E-state index in [1.807, 2.05) is 0 Å². The van der Waals surface area contributed by atoms with E-state index in [2.05, 4.69) is 55.5 Å². The Morgan fingerprint density at radius 2 is 1.95 bits per heavy atom. The molecule has 1 aliphatic heterocycles. The third-order valence-corrected chi connectivity index (χ3v) is 4.83. The lowest BCUT2D eigenvalue weighted by Crippen LogP contribution is -2.13. The van der Waals surface area contributed by atoms with E-state index in [-0.39, 0.29) is 6.04 Å². The average molecular weight is 279 g/mol. The maximum absolute atomic E-state index is 6.52. The molecule has 0 spiro atoms. The first-order valence-corrected chi connectivity index (χ1v) is 7.82. The Hall–Kier alpha value is -1.80. The van der Waals surface area contributed by atoms with Crippen molar-refractivity contribution >= 4 is 0 Å². The van der Waals surface area contributed by atoms with Gasteiger partial charge in [0.25, 0.3) is 0 Å². The minimum absolute atomic E-state index is 0.136. The van der Waals surface area contributed by atoms with Gasteiger partial charge < -0.3 is 10.5 Å². The molecule has 1 aliphatic carbocycles. The molecule has 2 N–H and O–H groups in total. The zero-order chi connectivity index (χ0) is 14.4. The molecule has 0 amide bonds. The number of nitrogens with two attached hydrogens (primary N) is 1. The highest BCUT2D eigenvalue weighted by molar-refractivity contribution is 5.42. The standard InChI is InChI=1S/C19H21NO/c1-12-9-15-10-14(7-8-18(15)21-12)19(20)17-11-16(17)13-5-3-2-4-6-13/h2-8,10,12,16-17,19H,9,11,20H2,1H3. The molecule has 0 bridgehead atoms. The maximum Gasteiger partial charge on any atom is 0.123 e. The first kappa shape index (κ1) is 12.9. The number of hydrogen-bond acceptors (Lipinski definition) is 2.